The molecule has 15 heteroatoms. The predicted molar refractivity (Wildman–Crippen MR) is 201 cm³/mol. The number of likely N-dealkylation sites (tertiary alicyclic amines) is 1. The van der Waals surface area contributed by atoms with Gasteiger partial charge in [-0.15, -0.1) is 0 Å². The largest absolute Gasteiger partial charge is 0.399 e. The molecule has 1 aromatic carbocycles. The van der Waals surface area contributed by atoms with E-state index >= 15 is 0 Å². The van der Waals surface area contributed by atoms with Crippen molar-refractivity contribution in [2.24, 2.45) is 23.6 Å². The monoisotopic (exact) mass is 761 g/mol. The molecular weight excluding hydrogens is 689 g/mol. The highest BCUT2D eigenvalue weighted by molar-refractivity contribution is 7.90. The van der Waals surface area contributed by atoms with E-state index in [4.69, 9.17) is 24.8 Å². The van der Waals surface area contributed by atoms with Crippen LogP contribution in [0.15, 0.2) is 29.2 Å². The van der Waals surface area contributed by atoms with Crippen molar-refractivity contribution in [3.63, 3.8) is 0 Å². The Morgan fingerprint density at radius 2 is 1.65 bits per heavy atom. The number of anilines is 1. The van der Waals surface area contributed by atoms with Gasteiger partial charge in [-0.2, -0.15) is 0 Å². The maximum atomic E-state index is 14.8. The zero-order valence-electron chi connectivity index (χ0n) is 40.1. The summed E-state index contributed by atoms with van der Waals surface area (Å²) in [5.74, 6) is -9.91. The Bertz CT molecular complexity index is 1750. The first-order valence-corrected chi connectivity index (χ1v) is 18.9. The number of carbonyl (C=O) groups is 4. The molecule has 4 N–H and O–H groups in total. The lowest BCUT2D eigenvalue weighted by molar-refractivity contribution is -0.148. The Balaban J connectivity index is 2.57. The number of sulfonamides is 1. The first-order chi connectivity index (χ1) is 27.4. The summed E-state index contributed by atoms with van der Waals surface area (Å²) in [6.07, 6.45) is -1.31. The van der Waals surface area contributed by atoms with E-state index in [-0.39, 0.29) is 11.4 Å². The first-order valence-electron chi connectivity index (χ1n) is 21.4. The summed E-state index contributed by atoms with van der Waals surface area (Å²) in [4.78, 5) is 59.9. The van der Waals surface area contributed by atoms with Gasteiger partial charge in [0.25, 0.3) is 10.0 Å². The summed E-state index contributed by atoms with van der Waals surface area (Å²) in [5.41, 5.74) is 6.00. The van der Waals surface area contributed by atoms with Crippen LogP contribution in [0.3, 0.4) is 0 Å². The average Bonchev–Trinajstić information content (AvgIpc) is 3.62. The topological polar surface area (TPSA) is 181 Å². The van der Waals surface area contributed by atoms with E-state index in [2.05, 4.69) is 10.0 Å². The van der Waals surface area contributed by atoms with E-state index in [0.717, 1.165) is 4.90 Å². The number of likely N-dealkylation sites (N-methyl/N-ethyl adjacent to an activating group) is 2. The van der Waals surface area contributed by atoms with Crippen molar-refractivity contribution in [1.29, 1.82) is 0 Å². The van der Waals surface area contributed by atoms with Gasteiger partial charge in [0.15, 0.2) is 0 Å². The first kappa shape index (κ1) is 33.3. The van der Waals surface area contributed by atoms with Crippen LogP contribution in [0.5, 0.6) is 0 Å². The van der Waals surface area contributed by atoms with E-state index in [0.29, 0.717) is 24.9 Å². The fourth-order valence-corrected chi connectivity index (χ4v) is 8.02. The van der Waals surface area contributed by atoms with Gasteiger partial charge in [-0.1, -0.05) is 54.7 Å². The third-order valence-corrected chi connectivity index (χ3v) is 11.2. The van der Waals surface area contributed by atoms with E-state index in [1.54, 1.807) is 27.7 Å². The van der Waals surface area contributed by atoms with Crippen LogP contribution < -0.4 is 15.8 Å². The van der Waals surface area contributed by atoms with E-state index in [9.17, 15) is 29.0 Å². The number of benzene rings is 1. The van der Waals surface area contributed by atoms with Crippen LogP contribution >= 0.6 is 0 Å². The number of hydrogen-bond acceptors (Lipinski definition) is 10. The number of nitrogens with zero attached hydrogens (tertiary/aromatic N) is 3. The highest BCUT2D eigenvalue weighted by Gasteiger charge is 2.43. The van der Waals surface area contributed by atoms with Gasteiger partial charge in [0.05, 0.1) is 48.9 Å². The van der Waals surface area contributed by atoms with Crippen LogP contribution in [0.1, 0.15) is 85.0 Å². The molecule has 296 valence electrons. The van der Waals surface area contributed by atoms with Gasteiger partial charge in [-0.3, -0.25) is 24.1 Å². The maximum absolute atomic E-state index is 14.8. The third-order valence-electron chi connectivity index (χ3n) is 9.83. The number of rotatable bonds is 19. The number of carbonyl (C=O) groups excluding carboxylic acids is 4. The Morgan fingerprint density at radius 3 is 2.15 bits per heavy atom. The minimum Gasteiger partial charge on any atom is -0.399 e. The van der Waals surface area contributed by atoms with Crippen LogP contribution in [0.25, 0.3) is 0 Å². The molecule has 1 aromatic rings. The fourth-order valence-electron chi connectivity index (χ4n) is 6.96. The summed E-state index contributed by atoms with van der Waals surface area (Å²) in [7, 11) is 2.58. The fraction of sp³-hybridized carbons (Fsp3) is 0.730. The molecular formula is C37H64N6O8S. The number of hydrogen-bond donors (Lipinski definition) is 3. The molecule has 8 atom stereocenters. The number of ether oxygens (including phenoxy) is 2. The van der Waals surface area contributed by atoms with Gasteiger partial charge in [0.2, 0.25) is 23.6 Å². The molecule has 2 rings (SSSR count). The Kier molecular flexibility index (Phi) is 12.6. The van der Waals surface area contributed by atoms with Crippen LogP contribution in [-0.4, -0.2) is 125 Å². The molecule has 1 saturated heterocycles. The highest BCUT2D eigenvalue weighted by Crippen LogP contribution is 2.30. The highest BCUT2D eigenvalue weighted by atomic mass is 32.2. The third kappa shape index (κ3) is 11.1. The number of nitrogen functional groups attached to an aromatic ring is 1. The van der Waals surface area contributed by atoms with Crippen LogP contribution in [0.2, 0.25) is 0 Å². The molecule has 1 aliphatic rings. The van der Waals surface area contributed by atoms with Crippen molar-refractivity contribution in [2.45, 2.75) is 115 Å². The number of nitrogens with two attached hydrogens (primary N) is 1. The summed E-state index contributed by atoms with van der Waals surface area (Å²) in [6.45, 7) is 0.868. The van der Waals surface area contributed by atoms with E-state index in [1.165, 1.54) is 76.4 Å². The zero-order chi connectivity index (χ0) is 46.5. The normalized spacial score (nSPS) is 22.7. The molecule has 0 radical (unpaired) electrons. The van der Waals surface area contributed by atoms with E-state index < -0.39 is 114 Å². The van der Waals surface area contributed by atoms with Crippen LogP contribution in [0, 0.1) is 23.6 Å². The molecule has 1 heterocycles. The van der Waals surface area contributed by atoms with E-state index in [1.807, 2.05) is 0 Å². The lowest BCUT2D eigenvalue weighted by atomic mass is 9.89. The molecule has 14 nitrogen and oxygen atoms in total. The second kappa shape index (κ2) is 19.7. The molecule has 0 spiro atoms. The van der Waals surface area contributed by atoms with Gasteiger partial charge in [0.1, 0.15) is 6.02 Å². The summed E-state index contributed by atoms with van der Waals surface area (Å²) in [5, 5.41) is 2.10. The molecule has 0 aromatic heterocycles. The summed E-state index contributed by atoms with van der Waals surface area (Å²) in [6, 6.07) is -1.28. The molecule has 1 fully saturated rings. The number of nitrogens with one attached hydrogen (secondary N) is 2. The molecule has 0 aliphatic carbocycles. The quantitative estimate of drug-likeness (QED) is 0.178. The van der Waals surface area contributed by atoms with Gasteiger partial charge >= 0.3 is 0 Å². The minimum absolute atomic E-state index is 0.183. The van der Waals surface area contributed by atoms with Gasteiger partial charge in [-0.05, 0) is 68.9 Å². The Morgan fingerprint density at radius 1 is 1.04 bits per heavy atom. The van der Waals surface area contributed by atoms with Gasteiger partial charge in [0, 0.05) is 43.1 Å². The number of amides is 4. The molecule has 4 amide bonds. The van der Waals surface area contributed by atoms with Crippen LogP contribution in [0.4, 0.5) is 5.69 Å². The lowest BCUT2D eigenvalue weighted by Gasteiger charge is -2.41. The van der Waals surface area contributed by atoms with Crippen molar-refractivity contribution in [1.82, 2.24) is 24.7 Å². The van der Waals surface area contributed by atoms with Gasteiger partial charge in [-0.25, -0.2) is 13.1 Å². The molecule has 0 saturated carbocycles. The second-order valence-electron chi connectivity index (χ2n) is 14.0. The van der Waals surface area contributed by atoms with Gasteiger partial charge < -0.3 is 30.3 Å². The van der Waals surface area contributed by atoms with Crippen molar-refractivity contribution < 1.29 is 48.0 Å². The van der Waals surface area contributed by atoms with Crippen molar-refractivity contribution in [3.8, 4) is 0 Å². The lowest BCUT2D eigenvalue weighted by Crippen LogP contribution is -2.59. The Labute approximate surface area is 322 Å². The van der Waals surface area contributed by atoms with Crippen LogP contribution in [-0.2, 0) is 38.7 Å². The Hall–Kier alpha value is -3.27. The smallest absolute Gasteiger partial charge is 0.264 e. The SMILES string of the molecule is [2H]C([2H])([2H])C([2H])(C([2H])([2H])[2H])[C@@]([2H])(NC(=O)[C@H](C(C)C)N(C)C)C(=O)N(C)[C@@H]([C@@H](C)CC)[C@@H](CC(=O)N1CCC[C@H]1[C@H](OC)[C@@H](C)C(=O)NS(=O)(=O)c1ccc(N)cc1)OC. The van der Waals surface area contributed by atoms with Crippen molar-refractivity contribution in [3.05, 3.63) is 24.3 Å². The standard InChI is InChI=1S/C37H64N6O8S/c1-13-24(6)33(42(10)37(47)31(22(2)3)39-36(46)32(23(4)5)41(8)9)29(50-11)21-30(44)43-20-14-15-28(43)34(51-12)25(7)35(45)40-52(48,49)27-18-16-26(38)17-19-27/h16-19,22-25,28-29,31-34H,13-15,20-21,38H2,1-12H3,(H,39,46)(H,40,45)/t24-,25+,28-,29+,31+,32-,33-,34+/m0/s1/i2D3,3D3,22D,31D. The van der Waals surface area contributed by atoms with Crippen molar-refractivity contribution >= 4 is 39.3 Å². The second-order valence-corrected chi connectivity index (χ2v) is 15.7. The molecule has 0 bridgehead atoms. The molecule has 1 aliphatic heterocycles. The number of methoxy groups -OCH3 is 2. The molecule has 0 unspecified atom stereocenters. The minimum atomic E-state index is -4.28. The van der Waals surface area contributed by atoms with Crippen molar-refractivity contribution in [2.75, 3.05) is 47.6 Å². The maximum Gasteiger partial charge on any atom is 0.264 e. The summed E-state index contributed by atoms with van der Waals surface area (Å²) < 4.78 is 107. The zero-order valence-corrected chi connectivity index (χ0v) is 32.9. The average molecular weight is 761 g/mol. The summed E-state index contributed by atoms with van der Waals surface area (Å²) >= 11 is 0. The molecule has 52 heavy (non-hydrogen) atoms. The predicted octanol–water partition coefficient (Wildman–Crippen LogP) is 2.72.